The molecule has 0 heterocycles. The van der Waals surface area contributed by atoms with Gasteiger partial charge in [-0.25, -0.2) is 4.99 Å². The van der Waals surface area contributed by atoms with Gasteiger partial charge in [-0.1, -0.05) is 133 Å². The molecule has 0 fully saturated rings. The summed E-state index contributed by atoms with van der Waals surface area (Å²) in [5.41, 5.74) is 13.0. The Bertz CT molecular complexity index is 1830. The molecule has 3 nitrogen and oxygen atoms in total. The quantitative estimate of drug-likeness (QED) is 0.187. The van der Waals surface area contributed by atoms with E-state index in [0.717, 1.165) is 11.1 Å². The minimum atomic E-state index is 0.446. The van der Waals surface area contributed by atoms with Crippen LogP contribution in [0.4, 0.5) is 0 Å². The van der Waals surface area contributed by atoms with Crippen molar-refractivity contribution in [3.8, 4) is 11.1 Å². The van der Waals surface area contributed by atoms with Crippen molar-refractivity contribution >= 4 is 33.2 Å². The van der Waals surface area contributed by atoms with Gasteiger partial charge in [0.1, 0.15) is 5.84 Å². The number of nitrogens with two attached hydrogens (primary N) is 1. The van der Waals surface area contributed by atoms with Crippen molar-refractivity contribution in [1.29, 1.82) is 0 Å². The molecule has 2 N–H and O–H groups in total. The van der Waals surface area contributed by atoms with E-state index < -0.39 is 0 Å². The van der Waals surface area contributed by atoms with Gasteiger partial charge in [0.15, 0.2) is 5.84 Å². The molecular weight excluding hydrogens is 474 g/mol. The maximum atomic E-state index is 6.45. The van der Waals surface area contributed by atoms with Crippen molar-refractivity contribution in [2.45, 2.75) is 13.5 Å². The Balaban J connectivity index is 1.49. The molecule has 0 saturated heterocycles. The van der Waals surface area contributed by atoms with Gasteiger partial charge < -0.3 is 5.73 Å². The molecular formula is C36H29N3. The fraction of sp³-hybridized carbons (Fsp3) is 0.0556. The van der Waals surface area contributed by atoms with E-state index in [-0.39, 0.29) is 0 Å². The number of benzene rings is 6. The van der Waals surface area contributed by atoms with E-state index in [1.54, 1.807) is 0 Å². The van der Waals surface area contributed by atoms with Crippen LogP contribution in [0, 0.1) is 6.92 Å². The highest BCUT2D eigenvalue weighted by Crippen LogP contribution is 2.33. The van der Waals surface area contributed by atoms with Crippen LogP contribution in [0.5, 0.6) is 0 Å². The lowest BCUT2D eigenvalue weighted by atomic mass is 9.92. The second-order valence-corrected chi connectivity index (χ2v) is 9.75. The molecule has 0 saturated carbocycles. The summed E-state index contributed by atoms with van der Waals surface area (Å²) in [6, 6.07) is 46.1. The van der Waals surface area contributed by atoms with Gasteiger partial charge in [0.2, 0.25) is 0 Å². The molecule has 0 aliphatic heterocycles. The van der Waals surface area contributed by atoms with Crippen molar-refractivity contribution < 1.29 is 0 Å². The number of aryl methyl sites for hydroxylation is 1. The first-order chi connectivity index (χ1) is 19.2. The molecule has 6 aromatic rings. The Morgan fingerprint density at radius 2 is 1.26 bits per heavy atom. The Labute approximate surface area is 229 Å². The van der Waals surface area contributed by atoms with Gasteiger partial charge in [-0.05, 0) is 51.2 Å². The normalized spacial score (nSPS) is 12.2. The summed E-state index contributed by atoms with van der Waals surface area (Å²) >= 11 is 0. The number of rotatable bonds is 5. The van der Waals surface area contributed by atoms with Gasteiger partial charge in [-0.2, -0.15) is 0 Å². The highest BCUT2D eigenvalue weighted by molar-refractivity contribution is 6.11. The fourth-order valence-electron chi connectivity index (χ4n) is 5.03. The number of fused-ring (bicyclic) bond motifs is 2. The maximum absolute atomic E-state index is 6.45. The molecule has 0 aromatic heterocycles. The van der Waals surface area contributed by atoms with Gasteiger partial charge in [0.05, 0.1) is 6.54 Å². The molecule has 0 spiro atoms. The number of amidine groups is 2. The maximum Gasteiger partial charge on any atom is 0.157 e. The van der Waals surface area contributed by atoms with Crippen LogP contribution in [0.2, 0.25) is 0 Å². The molecule has 0 aliphatic carbocycles. The molecule has 0 bridgehead atoms. The summed E-state index contributed by atoms with van der Waals surface area (Å²) in [6.07, 6.45) is 0. The van der Waals surface area contributed by atoms with E-state index in [1.807, 2.05) is 60.7 Å². The van der Waals surface area contributed by atoms with Crippen LogP contribution in [-0.2, 0) is 6.54 Å². The number of hydrogen-bond donors (Lipinski definition) is 1. The molecule has 0 amide bonds. The molecule has 0 unspecified atom stereocenters. The van der Waals surface area contributed by atoms with Crippen LogP contribution in [0.15, 0.2) is 143 Å². The van der Waals surface area contributed by atoms with Crippen molar-refractivity contribution in [1.82, 2.24) is 0 Å². The van der Waals surface area contributed by atoms with Crippen LogP contribution < -0.4 is 5.73 Å². The summed E-state index contributed by atoms with van der Waals surface area (Å²) in [7, 11) is 0. The van der Waals surface area contributed by atoms with Gasteiger partial charge in [0.25, 0.3) is 0 Å². The van der Waals surface area contributed by atoms with Gasteiger partial charge in [-0.15, -0.1) is 0 Å². The predicted octanol–water partition coefficient (Wildman–Crippen LogP) is 8.32. The van der Waals surface area contributed by atoms with E-state index in [0.29, 0.717) is 18.2 Å². The predicted molar refractivity (Wildman–Crippen MR) is 165 cm³/mol. The minimum Gasteiger partial charge on any atom is -0.383 e. The highest BCUT2D eigenvalue weighted by atomic mass is 15.0. The van der Waals surface area contributed by atoms with Crippen molar-refractivity contribution in [3.05, 3.63) is 156 Å². The first-order valence-corrected chi connectivity index (χ1v) is 13.2. The molecule has 39 heavy (non-hydrogen) atoms. The van der Waals surface area contributed by atoms with E-state index in [2.05, 4.69) is 79.7 Å². The standard InChI is InChI=1S/C36H29N3/c1-25-16-17-30-23-31(19-18-29(30)22-25)33-21-20-26-10-8-9-15-32(26)34(33)24-38-36(28-13-6-3-7-14-28)39-35(37)27-11-4-2-5-12-27/h2-23H,24H2,1H3,(H2,37,38,39). The largest absolute Gasteiger partial charge is 0.383 e. The summed E-state index contributed by atoms with van der Waals surface area (Å²) in [5, 5.41) is 4.86. The average molecular weight is 504 g/mol. The first kappa shape index (κ1) is 24.3. The highest BCUT2D eigenvalue weighted by Gasteiger charge is 2.12. The van der Waals surface area contributed by atoms with Crippen molar-refractivity contribution in [3.63, 3.8) is 0 Å². The molecule has 0 aliphatic rings. The summed E-state index contributed by atoms with van der Waals surface area (Å²) in [5.74, 6) is 1.06. The number of hydrogen-bond acceptors (Lipinski definition) is 1. The smallest absolute Gasteiger partial charge is 0.157 e. The molecule has 6 rings (SSSR count). The first-order valence-electron chi connectivity index (χ1n) is 13.2. The Morgan fingerprint density at radius 1 is 0.615 bits per heavy atom. The molecule has 0 atom stereocenters. The van der Waals surface area contributed by atoms with E-state index in [4.69, 9.17) is 15.7 Å². The van der Waals surface area contributed by atoms with Crippen LogP contribution >= 0.6 is 0 Å². The zero-order chi connectivity index (χ0) is 26.6. The molecule has 6 aromatic carbocycles. The molecule has 188 valence electrons. The molecule has 0 radical (unpaired) electrons. The lowest BCUT2D eigenvalue weighted by molar-refractivity contribution is 1.08. The SMILES string of the molecule is Cc1ccc2cc(-c3ccc4ccccc4c3C/N=C(\N=C(/N)c3ccccc3)c3ccccc3)ccc2c1. The third-order valence-corrected chi connectivity index (χ3v) is 7.06. The van der Waals surface area contributed by atoms with E-state index in [1.165, 1.54) is 43.8 Å². The molecule has 3 heteroatoms. The van der Waals surface area contributed by atoms with Gasteiger partial charge in [-0.3, -0.25) is 4.99 Å². The lowest BCUT2D eigenvalue weighted by Crippen LogP contribution is -2.16. The van der Waals surface area contributed by atoms with E-state index >= 15 is 0 Å². The fourth-order valence-corrected chi connectivity index (χ4v) is 5.03. The van der Waals surface area contributed by atoms with Crippen LogP contribution in [0.1, 0.15) is 22.3 Å². The average Bonchev–Trinajstić information content (AvgIpc) is 2.99. The van der Waals surface area contributed by atoms with Gasteiger partial charge in [0, 0.05) is 11.1 Å². The lowest BCUT2D eigenvalue weighted by Gasteiger charge is -2.14. The Kier molecular flexibility index (Phi) is 6.71. The Morgan fingerprint density at radius 3 is 2.05 bits per heavy atom. The zero-order valence-corrected chi connectivity index (χ0v) is 21.9. The summed E-state index contributed by atoms with van der Waals surface area (Å²) in [4.78, 5) is 9.90. The topological polar surface area (TPSA) is 50.7 Å². The second-order valence-electron chi connectivity index (χ2n) is 9.75. The van der Waals surface area contributed by atoms with Gasteiger partial charge >= 0.3 is 0 Å². The Hall–Kier alpha value is -5.02. The number of nitrogens with zero attached hydrogens (tertiary/aromatic N) is 2. The third kappa shape index (κ3) is 5.21. The second kappa shape index (κ2) is 10.8. The van der Waals surface area contributed by atoms with Crippen LogP contribution in [0.3, 0.4) is 0 Å². The minimum absolute atomic E-state index is 0.446. The van der Waals surface area contributed by atoms with Crippen molar-refractivity contribution in [2.24, 2.45) is 15.7 Å². The summed E-state index contributed by atoms with van der Waals surface area (Å²) < 4.78 is 0. The third-order valence-electron chi connectivity index (χ3n) is 7.06. The van der Waals surface area contributed by atoms with Crippen LogP contribution in [0.25, 0.3) is 32.7 Å². The number of aliphatic imine (C=N–C) groups is 2. The van der Waals surface area contributed by atoms with Crippen LogP contribution in [-0.4, -0.2) is 11.7 Å². The zero-order valence-electron chi connectivity index (χ0n) is 21.9. The van der Waals surface area contributed by atoms with Crippen molar-refractivity contribution in [2.75, 3.05) is 0 Å². The monoisotopic (exact) mass is 503 g/mol. The summed E-state index contributed by atoms with van der Waals surface area (Å²) in [6.45, 7) is 2.60. The van der Waals surface area contributed by atoms with E-state index in [9.17, 15) is 0 Å².